The van der Waals surface area contributed by atoms with Crippen LogP contribution in [0.15, 0.2) is 29.3 Å². The number of ether oxygens (including phenoxy) is 1. The lowest BCUT2D eigenvalue weighted by Crippen LogP contribution is -2.36. The molecule has 0 aliphatic heterocycles. The van der Waals surface area contributed by atoms with Crippen LogP contribution < -0.4 is 10.6 Å². The van der Waals surface area contributed by atoms with Crippen molar-refractivity contribution in [1.29, 1.82) is 0 Å². The second-order valence-electron chi connectivity index (χ2n) is 6.01. The molecule has 2 N–H and O–H groups in total. The van der Waals surface area contributed by atoms with Crippen LogP contribution >= 0.6 is 24.0 Å². The number of aromatic nitrogens is 2. The van der Waals surface area contributed by atoms with Gasteiger partial charge >= 0.3 is 0 Å². The molecule has 0 aliphatic rings. The highest BCUT2D eigenvalue weighted by Gasteiger charge is 2.09. The number of aryl methyl sites for hydroxylation is 2. The summed E-state index contributed by atoms with van der Waals surface area (Å²) in [5.41, 5.74) is 5.83. The fourth-order valence-corrected chi connectivity index (χ4v) is 2.63. The van der Waals surface area contributed by atoms with E-state index in [1.807, 2.05) is 25.6 Å². The first kappa shape index (κ1) is 22.4. The fourth-order valence-electron chi connectivity index (χ4n) is 2.63. The van der Waals surface area contributed by atoms with E-state index in [0.29, 0.717) is 13.2 Å². The smallest absolute Gasteiger partial charge is 0.191 e. The molecule has 7 heteroatoms. The van der Waals surface area contributed by atoms with Crippen LogP contribution in [0.3, 0.4) is 0 Å². The van der Waals surface area contributed by atoms with Crippen LogP contribution in [0, 0.1) is 13.8 Å². The van der Waals surface area contributed by atoms with Crippen LogP contribution in [0.5, 0.6) is 0 Å². The van der Waals surface area contributed by atoms with Crippen molar-refractivity contribution in [3.63, 3.8) is 0 Å². The molecule has 2 aromatic rings. The van der Waals surface area contributed by atoms with Gasteiger partial charge in [0.2, 0.25) is 0 Å². The van der Waals surface area contributed by atoms with Gasteiger partial charge in [-0.05, 0) is 31.9 Å². The summed E-state index contributed by atoms with van der Waals surface area (Å²) in [5.74, 6) is 0.779. The van der Waals surface area contributed by atoms with Crippen molar-refractivity contribution in [3.8, 4) is 0 Å². The Kier molecular flexibility index (Phi) is 9.64. The van der Waals surface area contributed by atoms with Gasteiger partial charge in [0.05, 0.1) is 12.3 Å². The Balaban J connectivity index is 0.00000338. The summed E-state index contributed by atoms with van der Waals surface area (Å²) >= 11 is 0. The molecule has 144 valence electrons. The maximum atomic E-state index is 5.42. The Morgan fingerprint density at radius 3 is 2.27 bits per heavy atom. The van der Waals surface area contributed by atoms with E-state index in [-0.39, 0.29) is 24.0 Å². The lowest BCUT2D eigenvalue weighted by atomic mass is 10.1. The first-order chi connectivity index (χ1) is 12.0. The number of halogens is 1. The summed E-state index contributed by atoms with van der Waals surface area (Å²) in [6.45, 7) is 8.95. The zero-order valence-electron chi connectivity index (χ0n) is 16.3. The summed E-state index contributed by atoms with van der Waals surface area (Å²) < 4.78 is 7.33. The zero-order valence-corrected chi connectivity index (χ0v) is 18.6. The Bertz CT molecular complexity index is 709. The monoisotopic (exact) mass is 471 g/mol. The van der Waals surface area contributed by atoms with E-state index < -0.39 is 0 Å². The molecule has 1 aromatic carbocycles. The minimum Gasteiger partial charge on any atom is -0.377 e. The van der Waals surface area contributed by atoms with Crippen molar-refractivity contribution in [2.75, 3.05) is 13.7 Å². The van der Waals surface area contributed by atoms with Gasteiger partial charge in [0.25, 0.3) is 0 Å². The van der Waals surface area contributed by atoms with Crippen molar-refractivity contribution in [2.24, 2.45) is 12.0 Å². The lowest BCUT2D eigenvalue weighted by molar-refractivity contribution is 0.134. The summed E-state index contributed by atoms with van der Waals surface area (Å²) in [5, 5.41) is 11.1. The molecule has 0 amide bonds. The van der Waals surface area contributed by atoms with Crippen LogP contribution in [0.1, 0.15) is 35.0 Å². The third-order valence-electron chi connectivity index (χ3n) is 4.27. The highest BCUT2D eigenvalue weighted by atomic mass is 127. The molecular weight excluding hydrogens is 441 g/mol. The average molecular weight is 471 g/mol. The number of aliphatic imine (C=N–C) groups is 1. The molecule has 2 rings (SSSR count). The molecule has 0 saturated carbocycles. The summed E-state index contributed by atoms with van der Waals surface area (Å²) in [6, 6.07) is 8.44. The summed E-state index contributed by atoms with van der Waals surface area (Å²) in [4.78, 5) is 4.29. The Morgan fingerprint density at radius 2 is 1.73 bits per heavy atom. The lowest BCUT2D eigenvalue weighted by Gasteiger charge is -2.12. The van der Waals surface area contributed by atoms with Gasteiger partial charge in [0.1, 0.15) is 0 Å². The molecule has 0 aliphatic carbocycles. The Morgan fingerprint density at radius 1 is 1.12 bits per heavy atom. The van der Waals surface area contributed by atoms with E-state index in [1.54, 1.807) is 7.05 Å². The molecule has 0 radical (unpaired) electrons. The van der Waals surface area contributed by atoms with E-state index in [9.17, 15) is 0 Å². The maximum absolute atomic E-state index is 5.42. The minimum absolute atomic E-state index is 0. The van der Waals surface area contributed by atoms with Gasteiger partial charge in [-0.1, -0.05) is 24.3 Å². The summed E-state index contributed by atoms with van der Waals surface area (Å²) in [6.07, 6.45) is 0. The number of rotatable bonds is 7. The van der Waals surface area contributed by atoms with Crippen molar-refractivity contribution in [1.82, 2.24) is 20.4 Å². The molecule has 6 nitrogen and oxygen atoms in total. The normalized spacial score (nSPS) is 11.2. The van der Waals surface area contributed by atoms with E-state index in [4.69, 9.17) is 4.74 Å². The predicted molar refractivity (Wildman–Crippen MR) is 117 cm³/mol. The van der Waals surface area contributed by atoms with Crippen molar-refractivity contribution in [3.05, 3.63) is 52.3 Å². The second-order valence-corrected chi connectivity index (χ2v) is 6.01. The van der Waals surface area contributed by atoms with Crippen LogP contribution in [0.2, 0.25) is 0 Å². The standard InChI is InChI=1S/C19H29N5O.HI/c1-6-25-13-17-9-7-16(8-10-17)11-21-19(20-4)22-12-18-14(2)23-24(5)15(18)3;/h7-10H,6,11-13H2,1-5H3,(H2,20,21,22);1H. The maximum Gasteiger partial charge on any atom is 0.191 e. The number of hydrogen-bond donors (Lipinski definition) is 2. The van der Waals surface area contributed by atoms with Gasteiger partial charge < -0.3 is 15.4 Å². The number of hydrogen-bond acceptors (Lipinski definition) is 3. The molecule has 0 spiro atoms. The van der Waals surface area contributed by atoms with Gasteiger partial charge in [-0.25, -0.2) is 0 Å². The third kappa shape index (κ3) is 6.28. The van der Waals surface area contributed by atoms with E-state index >= 15 is 0 Å². The van der Waals surface area contributed by atoms with Crippen LogP contribution in [-0.2, 0) is 31.5 Å². The fraction of sp³-hybridized carbons (Fsp3) is 0.474. The first-order valence-corrected chi connectivity index (χ1v) is 8.64. The van der Waals surface area contributed by atoms with Gasteiger partial charge in [0, 0.05) is 45.0 Å². The van der Waals surface area contributed by atoms with Crippen LogP contribution in [0.4, 0.5) is 0 Å². The zero-order chi connectivity index (χ0) is 18.2. The van der Waals surface area contributed by atoms with E-state index in [2.05, 4.69) is 51.9 Å². The van der Waals surface area contributed by atoms with E-state index in [1.165, 1.54) is 22.4 Å². The van der Waals surface area contributed by atoms with Crippen molar-refractivity contribution < 1.29 is 4.74 Å². The predicted octanol–water partition coefficient (Wildman–Crippen LogP) is 3.06. The molecule has 26 heavy (non-hydrogen) atoms. The quantitative estimate of drug-likeness (QED) is 0.370. The topological polar surface area (TPSA) is 63.5 Å². The largest absolute Gasteiger partial charge is 0.377 e. The molecule has 0 bridgehead atoms. The van der Waals surface area contributed by atoms with E-state index in [0.717, 1.165) is 24.8 Å². The van der Waals surface area contributed by atoms with Crippen molar-refractivity contribution >= 4 is 29.9 Å². The first-order valence-electron chi connectivity index (χ1n) is 8.64. The van der Waals surface area contributed by atoms with Gasteiger partial charge in [-0.2, -0.15) is 5.10 Å². The Labute approximate surface area is 173 Å². The molecule has 1 heterocycles. The number of benzene rings is 1. The van der Waals surface area contributed by atoms with Gasteiger partial charge in [-0.3, -0.25) is 9.67 Å². The summed E-state index contributed by atoms with van der Waals surface area (Å²) in [7, 11) is 3.75. The average Bonchev–Trinajstić information content (AvgIpc) is 2.86. The minimum atomic E-state index is 0. The molecular formula is C19H30IN5O. The number of nitrogens with one attached hydrogen (secondary N) is 2. The molecule has 0 atom stereocenters. The molecule has 0 saturated heterocycles. The van der Waals surface area contributed by atoms with Gasteiger partial charge in [0.15, 0.2) is 5.96 Å². The number of nitrogens with zero attached hydrogens (tertiary/aromatic N) is 3. The SMILES string of the molecule is CCOCc1ccc(CNC(=NC)NCc2c(C)nn(C)c2C)cc1.I. The second kappa shape index (κ2) is 11.2. The van der Waals surface area contributed by atoms with Crippen LogP contribution in [0.25, 0.3) is 0 Å². The highest BCUT2D eigenvalue weighted by Crippen LogP contribution is 2.11. The molecule has 1 aromatic heterocycles. The number of guanidine groups is 1. The van der Waals surface area contributed by atoms with Gasteiger partial charge in [-0.15, -0.1) is 24.0 Å². The Hall–Kier alpha value is -1.61. The third-order valence-corrected chi connectivity index (χ3v) is 4.27. The van der Waals surface area contributed by atoms with Crippen LogP contribution in [-0.4, -0.2) is 29.4 Å². The molecule has 0 unspecified atom stereocenters. The highest BCUT2D eigenvalue weighted by molar-refractivity contribution is 14.0. The van der Waals surface area contributed by atoms with Crippen molar-refractivity contribution in [2.45, 2.75) is 40.5 Å². The molecule has 0 fully saturated rings.